The maximum absolute atomic E-state index is 6.91. The molecule has 6 nitrogen and oxygen atoms in total. The zero-order valence-corrected chi connectivity index (χ0v) is 31.4. The van der Waals surface area contributed by atoms with E-state index in [9.17, 15) is 0 Å². The first-order valence-corrected chi connectivity index (χ1v) is 19.8. The highest BCUT2D eigenvalue weighted by Crippen LogP contribution is 2.43. The van der Waals surface area contributed by atoms with Crippen LogP contribution in [0.15, 0.2) is 191 Å². The van der Waals surface area contributed by atoms with Gasteiger partial charge in [0.1, 0.15) is 16.7 Å². The first kappa shape index (κ1) is 32.0. The number of furan rings is 2. The summed E-state index contributed by atoms with van der Waals surface area (Å²) < 4.78 is 15.5. The molecule has 0 aliphatic carbocycles. The molecule has 0 unspecified atom stereocenters. The Morgan fingerprint density at radius 2 is 0.949 bits per heavy atom. The second-order valence-corrected chi connectivity index (χ2v) is 15.2. The predicted molar refractivity (Wildman–Crippen MR) is 240 cm³/mol. The van der Waals surface area contributed by atoms with Crippen LogP contribution in [0.2, 0.25) is 0 Å². The summed E-state index contributed by atoms with van der Waals surface area (Å²) in [4.78, 5) is 15.8. The normalized spacial score (nSPS) is 12.1. The van der Waals surface area contributed by atoms with Crippen molar-refractivity contribution in [2.75, 3.05) is 0 Å². The highest BCUT2D eigenvalue weighted by molar-refractivity contribution is 6.18. The monoisotopic (exact) mass is 754 g/mol. The van der Waals surface area contributed by atoms with Crippen LogP contribution in [0, 0.1) is 0 Å². The number of nitrogens with zero attached hydrogens (tertiary/aromatic N) is 4. The maximum Gasteiger partial charge on any atom is 0.164 e. The van der Waals surface area contributed by atoms with E-state index >= 15 is 0 Å². The molecular weight excluding hydrogens is 725 g/mol. The smallest absolute Gasteiger partial charge is 0.164 e. The summed E-state index contributed by atoms with van der Waals surface area (Å²) in [6.07, 6.45) is 0. The van der Waals surface area contributed by atoms with Crippen molar-refractivity contribution in [3.05, 3.63) is 182 Å². The molecule has 0 spiro atoms. The quantitative estimate of drug-likeness (QED) is 0.179. The summed E-state index contributed by atoms with van der Waals surface area (Å²) in [5.41, 5.74) is 9.03. The van der Waals surface area contributed by atoms with Crippen LogP contribution in [0.25, 0.3) is 127 Å². The molecule has 0 aliphatic rings. The highest BCUT2D eigenvalue weighted by Gasteiger charge is 2.23. The van der Waals surface area contributed by atoms with Crippen molar-refractivity contribution in [3.63, 3.8) is 0 Å². The largest absolute Gasteiger partial charge is 0.456 e. The Kier molecular flexibility index (Phi) is 6.63. The van der Waals surface area contributed by atoms with Crippen LogP contribution < -0.4 is 0 Å². The molecule has 59 heavy (non-hydrogen) atoms. The fraction of sp³-hybridized carbons (Fsp3) is 0. The summed E-state index contributed by atoms with van der Waals surface area (Å²) in [5, 5.41) is 11.0. The van der Waals surface area contributed by atoms with Gasteiger partial charge in [0, 0.05) is 49.0 Å². The summed E-state index contributed by atoms with van der Waals surface area (Å²) in [5.74, 6) is 1.73. The molecule has 0 amide bonds. The van der Waals surface area contributed by atoms with Gasteiger partial charge in [0.2, 0.25) is 0 Å². The summed E-state index contributed by atoms with van der Waals surface area (Å²) in [6, 6.07) is 63.3. The first-order valence-electron chi connectivity index (χ1n) is 19.8. The van der Waals surface area contributed by atoms with Gasteiger partial charge in [0.05, 0.1) is 16.7 Å². The van der Waals surface area contributed by atoms with Gasteiger partial charge < -0.3 is 13.4 Å². The number of benzene rings is 9. The van der Waals surface area contributed by atoms with Gasteiger partial charge in [-0.1, -0.05) is 115 Å². The fourth-order valence-electron chi connectivity index (χ4n) is 9.04. The van der Waals surface area contributed by atoms with E-state index in [2.05, 4.69) is 144 Å². The van der Waals surface area contributed by atoms with Gasteiger partial charge in [-0.05, 0) is 88.3 Å². The minimum atomic E-state index is 0.562. The standard InChI is InChI=1S/C53H30N4O2/c1-2-12-32-27-35(22-21-31(32)11-1)51-54-52(36-23-26-48-42(29-36)38-16-6-9-19-46(38)58-48)56-53(55-51)40-24-25-44(50-49(40)39-17-7-10-20-47(39)59-50)57-43-18-8-5-15-37(43)41-28-33-13-3-4-14-34(33)30-45(41)57/h1-30H. The van der Waals surface area contributed by atoms with E-state index in [1.54, 1.807) is 0 Å². The molecule has 0 saturated carbocycles. The first-order chi connectivity index (χ1) is 29.2. The molecule has 0 fully saturated rings. The second-order valence-electron chi connectivity index (χ2n) is 15.2. The van der Waals surface area contributed by atoms with Crippen molar-refractivity contribution < 1.29 is 8.83 Å². The van der Waals surface area contributed by atoms with Crippen molar-refractivity contribution in [1.29, 1.82) is 0 Å². The maximum atomic E-state index is 6.91. The van der Waals surface area contributed by atoms with Crippen LogP contribution in [-0.4, -0.2) is 19.5 Å². The lowest BCUT2D eigenvalue weighted by molar-refractivity contribution is 0.666. The SMILES string of the molecule is c1ccc2cc(-c3nc(-c4ccc5oc6ccccc6c5c4)nc(-c4ccc(-n5c6ccccc6c6cc7ccccc7cc65)c5oc6ccccc6c45)n3)ccc2c1. The average Bonchev–Trinajstić information content (AvgIpc) is 3.97. The number of hydrogen-bond acceptors (Lipinski definition) is 5. The molecule has 0 atom stereocenters. The van der Waals surface area contributed by atoms with Crippen LogP contribution >= 0.6 is 0 Å². The minimum Gasteiger partial charge on any atom is -0.456 e. The van der Waals surface area contributed by atoms with Gasteiger partial charge >= 0.3 is 0 Å². The van der Waals surface area contributed by atoms with Crippen molar-refractivity contribution >= 4 is 87.2 Å². The Hall–Kier alpha value is -8.09. The Labute approximate surface area is 336 Å². The zero-order chi connectivity index (χ0) is 38.6. The Balaban J connectivity index is 1.09. The van der Waals surface area contributed by atoms with Crippen molar-refractivity contribution in [2.24, 2.45) is 0 Å². The Morgan fingerprint density at radius 3 is 1.76 bits per heavy atom. The lowest BCUT2D eigenvalue weighted by atomic mass is 10.0. The van der Waals surface area contributed by atoms with E-state index in [4.69, 9.17) is 23.8 Å². The number of aromatic nitrogens is 4. The third kappa shape index (κ3) is 4.84. The molecule has 0 N–H and O–H groups in total. The number of hydrogen-bond donors (Lipinski definition) is 0. The predicted octanol–water partition coefficient (Wildman–Crippen LogP) is 14.1. The highest BCUT2D eigenvalue weighted by atomic mass is 16.3. The van der Waals surface area contributed by atoms with Crippen molar-refractivity contribution in [1.82, 2.24) is 19.5 Å². The van der Waals surface area contributed by atoms with Crippen LogP contribution in [0.4, 0.5) is 0 Å². The van der Waals surface area contributed by atoms with Crippen LogP contribution in [0.1, 0.15) is 0 Å². The molecule has 0 radical (unpaired) electrons. The van der Waals surface area contributed by atoms with E-state index in [1.165, 1.54) is 21.5 Å². The van der Waals surface area contributed by atoms with Gasteiger partial charge in [-0.25, -0.2) is 15.0 Å². The number of fused-ring (bicyclic) bond motifs is 11. The van der Waals surface area contributed by atoms with Gasteiger partial charge in [-0.2, -0.15) is 0 Å². The molecule has 4 heterocycles. The number of para-hydroxylation sites is 3. The molecule has 4 aromatic heterocycles. The van der Waals surface area contributed by atoms with Crippen LogP contribution in [-0.2, 0) is 0 Å². The van der Waals surface area contributed by atoms with Crippen molar-refractivity contribution in [3.8, 4) is 39.9 Å². The number of rotatable bonds is 4. The van der Waals surface area contributed by atoms with E-state index < -0.39 is 0 Å². The molecule has 0 saturated heterocycles. The van der Waals surface area contributed by atoms with E-state index in [-0.39, 0.29) is 0 Å². The molecule has 13 aromatic rings. The van der Waals surface area contributed by atoms with E-state index in [1.807, 2.05) is 42.5 Å². The molecule has 6 heteroatoms. The third-order valence-electron chi connectivity index (χ3n) is 11.8. The topological polar surface area (TPSA) is 69.9 Å². The zero-order valence-electron chi connectivity index (χ0n) is 31.4. The van der Waals surface area contributed by atoms with Crippen LogP contribution in [0.3, 0.4) is 0 Å². The molecule has 13 rings (SSSR count). The molecular formula is C53H30N4O2. The molecule has 274 valence electrons. The molecule has 0 aliphatic heterocycles. The van der Waals surface area contributed by atoms with Crippen LogP contribution in [0.5, 0.6) is 0 Å². The average molecular weight is 755 g/mol. The molecule has 0 bridgehead atoms. The van der Waals surface area contributed by atoms with E-state index in [0.717, 1.165) is 88.1 Å². The summed E-state index contributed by atoms with van der Waals surface area (Å²) >= 11 is 0. The van der Waals surface area contributed by atoms with Crippen molar-refractivity contribution in [2.45, 2.75) is 0 Å². The van der Waals surface area contributed by atoms with Gasteiger partial charge in [-0.15, -0.1) is 0 Å². The minimum absolute atomic E-state index is 0.562. The fourth-order valence-corrected chi connectivity index (χ4v) is 9.04. The lowest BCUT2D eigenvalue weighted by Crippen LogP contribution is -2.01. The van der Waals surface area contributed by atoms with Gasteiger partial charge in [0.25, 0.3) is 0 Å². The Morgan fingerprint density at radius 1 is 0.356 bits per heavy atom. The van der Waals surface area contributed by atoms with Gasteiger partial charge in [-0.3, -0.25) is 0 Å². The Bertz CT molecular complexity index is 3870. The third-order valence-corrected chi connectivity index (χ3v) is 11.8. The summed E-state index contributed by atoms with van der Waals surface area (Å²) in [7, 11) is 0. The second kappa shape index (κ2) is 12.2. The van der Waals surface area contributed by atoms with E-state index in [0.29, 0.717) is 17.5 Å². The van der Waals surface area contributed by atoms with Gasteiger partial charge in [0.15, 0.2) is 23.1 Å². The summed E-state index contributed by atoms with van der Waals surface area (Å²) in [6.45, 7) is 0. The molecule has 9 aromatic carbocycles. The lowest BCUT2D eigenvalue weighted by Gasteiger charge is -2.13.